The van der Waals surface area contributed by atoms with Crippen molar-refractivity contribution in [3.8, 4) is 11.1 Å². The van der Waals surface area contributed by atoms with Crippen molar-refractivity contribution in [3.05, 3.63) is 48.3 Å². The number of aromatic amines is 1. The number of halogens is 1. The van der Waals surface area contributed by atoms with E-state index in [0.29, 0.717) is 22.0 Å². The molecule has 5 nitrogen and oxygen atoms in total. The molecule has 0 bridgehead atoms. The van der Waals surface area contributed by atoms with Crippen molar-refractivity contribution in [2.75, 3.05) is 7.11 Å². The van der Waals surface area contributed by atoms with Gasteiger partial charge in [0.2, 0.25) is 5.78 Å². The van der Waals surface area contributed by atoms with E-state index in [0.717, 1.165) is 0 Å². The van der Waals surface area contributed by atoms with Crippen molar-refractivity contribution in [2.45, 2.75) is 6.42 Å². The van der Waals surface area contributed by atoms with E-state index in [-0.39, 0.29) is 11.6 Å². The minimum absolute atomic E-state index is 0.0334. The summed E-state index contributed by atoms with van der Waals surface area (Å²) in [5, 5.41) is 0.426. The monoisotopic (exact) mass is 301 g/mol. The molecular formula is C16H12FNO4. The number of H-pyrrole nitrogens is 1. The third-order valence-electron chi connectivity index (χ3n) is 3.37. The first-order valence-electron chi connectivity index (χ1n) is 6.54. The van der Waals surface area contributed by atoms with E-state index >= 15 is 0 Å². The second-order valence-corrected chi connectivity index (χ2v) is 4.74. The molecule has 0 fully saturated rings. The number of Topliss-reactive ketones (excluding diaryl/α,β-unsaturated/α-hetero) is 1. The molecule has 0 amide bonds. The highest BCUT2D eigenvalue weighted by Crippen LogP contribution is 2.31. The molecule has 112 valence electrons. The maximum Gasteiger partial charge on any atom is 0.313 e. The minimum Gasteiger partial charge on any atom is -0.469 e. The van der Waals surface area contributed by atoms with E-state index < -0.39 is 18.2 Å². The fourth-order valence-electron chi connectivity index (χ4n) is 2.28. The highest BCUT2D eigenvalue weighted by molar-refractivity contribution is 6.05. The highest BCUT2D eigenvalue weighted by atomic mass is 19.1. The number of benzene rings is 1. The number of aromatic nitrogens is 1. The van der Waals surface area contributed by atoms with Gasteiger partial charge in [-0.15, -0.1) is 0 Å². The molecule has 2 heterocycles. The van der Waals surface area contributed by atoms with E-state index in [2.05, 4.69) is 9.72 Å². The van der Waals surface area contributed by atoms with Crippen molar-refractivity contribution < 1.29 is 23.1 Å². The number of ketones is 1. The number of hydrogen-bond donors (Lipinski definition) is 1. The molecule has 3 aromatic rings. The summed E-state index contributed by atoms with van der Waals surface area (Å²) in [4.78, 5) is 25.9. The van der Waals surface area contributed by atoms with Crippen molar-refractivity contribution >= 4 is 22.7 Å². The predicted molar refractivity (Wildman–Crippen MR) is 76.9 cm³/mol. The smallest absolute Gasteiger partial charge is 0.313 e. The van der Waals surface area contributed by atoms with Crippen LogP contribution < -0.4 is 0 Å². The van der Waals surface area contributed by atoms with Crippen molar-refractivity contribution in [1.82, 2.24) is 4.98 Å². The van der Waals surface area contributed by atoms with Gasteiger partial charge < -0.3 is 14.1 Å². The number of fused-ring (bicyclic) bond motifs is 1. The molecule has 1 N–H and O–H groups in total. The number of ether oxygens (including phenoxy) is 1. The van der Waals surface area contributed by atoms with Gasteiger partial charge in [0.15, 0.2) is 5.76 Å². The average molecular weight is 301 g/mol. The van der Waals surface area contributed by atoms with E-state index in [1.54, 1.807) is 18.3 Å². The molecule has 0 atom stereocenters. The van der Waals surface area contributed by atoms with Gasteiger partial charge in [0.25, 0.3) is 0 Å². The van der Waals surface area contributed by atoms with Gasteiger partial charge in [-0.2, -0.15) is 0 Å². The van der Waals surface area contributed by atoms with Crippen LogP contribution in [0.5, 0.6) is 0 Å². The Kier molecular flexibility index (Phi) is 3.50. The Bertz CT molecular complexity index is 862. The summed E-state index contributed by atoms with van der Waals surface area (Å²) in [6.07, 6.45) is 2.61. The van der Waals surface area contributed by atoms with E-state index in [4.69, 9.17) is 4.42 Å². The molecule has 0 aliphatic rings. The van der Waals surface area contributed by atoms with Crippen LogP contribution >= 0.6 is 0 Å². The third kappa shape index (κ3) is 2.39. The number of furan rings is 1. The average Bonchev–Trinajstić information content (AvgIpc) is 3.13. The highest BCUT2D eigenvalue weighted by Gasteiger charge is 2.18. The van der Waals surface area contributed by atoms with Crippen LogP contribution in [0.25, 0.3) is 22.0 Å². The number of nitrogens with one attached hydrogen (secondary N) is 1. The summed E-state index contributed by atoms with van der Waals surface area (Å²) >= 11 is 0. The first-order valence-corrected chi connectivity index (χ1v) is 6.54. The lowest BCUT2D eigenvalue weighted by Crippen LogP contribution is -2.08. The fraction of sp³-hybridized carbons (Fsp3) is 0.125. The number of esters is 1. The predicted octanol–water partition coefficient (Wildman–Crippen LogP) is 3.31. The molecule has 0 unspecified atom stereocenters. The molecule has 0 saturated heterocycles. The Hall–Kier alpha value is -2.89. The third-order valence-corrected chi connectivity index (χ3v) is 3.37. The second kappa shape index (κ2) is 5.48. The number of rotatable bonds is 4. The first-order chi connectivity index (χ1) is 10.6. The summed E-state index contributed by atoms with van der Waals surface area (Å²) in [6.45, 7) is 0. The number of carbonyl (C=O) groups excluding carboxylic acids is 2. The van der Waals surface area contributed by atoms with Crippen LogP contribution in [0.3, 0.4) is 0 Å². The number of carbonyl (C=O) groups is 2. The maximum absolute atomic E-state index is 14.0. The van der Waals surface area contributed by atoms with Gasteiger partial charge in [-0.05, 0) is 18.2 Å². The number of methoxy groups -OCH3 is 1. The Morgan fingerprint density at radius 3 is 2.95 bits per heavy atom. The summed E-state index contributed by atoms with van der Waals surface area (Å²) in [5.41, 5.74) is 1.80. The fourth-order valence-corrected chi connectivity index (χ4v) is 2.28. The molecule has 1 aromatic carbocycles. The van der Waals surface area contributed by atoms with Gasteiger partial charge in [-0.25, -0.2) is 4.39 Å². The zero-order valence-electron chi connectivity index (χ0n) is 11.7. The van der Waals surface area contributed by atoms with Gasteiger partial charge in [-0.1, -0.05) is 6.07 Å². The molecule has 6 heteroatoms. The summed E-state index contributed by atoms with van der Waals surface area (Å²) in [5.74, 6) is -1.46. The molecule has 0 aliphatic carbocycles. The van der Waals surface area contributed by atoms with Crippen LogP contribution in [0.15, 0.2) is 41.1 Å². The molecule has 0 saturated carbocycles. The Balaban J connectivity index is 1.96. The van der Waals surface area contributed by atoms with Crippen LogP contribution in [0.1, 0.15) is 17.0 Å². The lowest BCUT2D eigenvalue weighted by Gasteiger charge is -1.96. The Morgan fingerprint density at radius 2 is 2.18 bits per heavy atom. The first kappa shape index (κ1) is 14.1. The lowest BCUT2D eigenvalue weighted by molar-refractivity contribution is -0.139. The summed E-state index contributed by atoms with van der Waals surface area (Å²) < 4.78 is 23.6. The topological polar surface area (TPSA) is 72.3 Å². The molecule has 0 radical (unpaired) electrons. The van der Waals surface area contributed by atoms with Crippen molar-refractivity contribution in [1.29, 1.82) is 0 Å². The van der Waals surface area contributed by atoms with Crippen molar-refractivity contribution in [3.63, 3.8) is 0 Å². The second-order valence-electron chi connectivity index (χ2n) is 4.74. The molecule has 3 rings (SSSR count). The Morgan fingerprint density at radius 1 is 1.36 bits per heavy atom. The Labute approximate surface area is 124 Å². The number of hydrogen-bond acceptors (Lipinski definition) is 4. The standard InChI is InChI=1S/C16H12FNO4/c1-21-15(20)6-13(19)14-5-9(8-22-14)10-7-18-12-4-2-3-11(17)16(10)12/h2-5,7-8,18H,6H2,1H3. The van der Waals surface area contributed by atoms with Crippen LogP contribution in [0.2, 0.25) is 0 Å². The van der Waals surface area contributed by atoms with Gasteiger partial charge >= 0.3 is 5.97 Å². The zero-order valence-corrected chi connectivity index (χ0v) is 11.7. The summed E-state index contributed by atoms with van der Waals surface area (Å²) in [7, 11) is 1.21. The van der Waals surface area contributed by atoms with Gasteiger partial charge in [0.1, 0.15) is 12.2 Å². The summed E-state index contributed by atoms with van der Waals surface area (Å²) in [6, 6.07) is 6.22. The van der Waals surface area contributed by atoms with Gasteiger partial charge in [0.05, 0.1) is 13.4 Å². The van der Waals surface area contributed by atoms with Crippen LogP contribution in [0, 0.1) is 5.82 Å². The normalized spacial score (nSPS) is 10.8. The molecule has 22 heavy (non-hydrogen) atoms. The maximum atomic E-state index is 14.0. The lowest BCUT2D eigenvalue weighted by atomic mass is 10.1. The van der Waals surface area contributed by atoms with E-state index in [9.17, 15) is 14.0 Å². The largest absolute Gasteiger partial charge is 0.469 e. The van der Waals surface area contributed by atoms with Gasteiger partial charge in [-0.3, -0.25) is 9.59 Å². The van der Waals surface area contributed by atoms with E-state index in [1.807, 2.05) is 0 Å². The van der Waals surface area contributed by atoms with Crippen molar-refractivity contribution in [2.24, 2.45) is 0 Å². The van der Waals surface area contributed by atoms with Crippen LogP contribution in [-0.2, 0) is 9.53 Å². The van der Waals surface area contributed by atoms with E-state index in [1.165, 1.54) is 25.5 Å². The minimum atomic E-state index is -0.638. The van der Waals surface area contributed by atoms with Crippen LogP contribution in [-0.4, -0.2) is 23.8 Å². The molecule has 0 aliphatic heterocycles. The SMILES string of the molecule is COC(=O)CC(=O)c1cc(-c2c[nH]c3cccc(F)c23)co1. The molecule has 2 aromatic heterocycles. The molecular weight excluding hydrogens is 289 g/mol. The quantitative estimate of drug-likeness (QED) is 0.456. The van der Waals surface area contributed by atoms with Crippen LogP contribution in [0.4, 0.5) is 4.39 Å². The van der Waals surface area contributed by atoms with Gasteiger partial charge in [0, 0.05) is 28.2 Å². The zero-order chi connectivity index (χ0) is 15.7. The molecule has 0 spiro atoms.